The summed E-state index contributed by atoms with van der Waals surface area (Å²) in [4.78, 5) is 49.9. The molecule has 0 bridgehead atoms. The van der Waals surface area contributed by atoms with Crippen LogP contribution in [0.3, 0.4) is 0 Å². The fourth-order valence-corrected chi connectivity index (χ4v) is 7.16. The highest BCUT2D eigenvalue weighted by Gasteiger charge is 2.41. The SMILES string of the molecule is COC(=O)N=C(N)c1ccc2[nH]c(S(=O)(=O)N3CCN(C(=O)c4nc5c(s4)CNC(C)C5)C(C(=O)O)C3)cc2c1. The number of benzene rings is 1. The number of hydrogen-bond donors (Lipinski definition) is 4. The van der Waals surface area contributed by atoms with Gasteiger partial charge in [-0.1, -0.05) is 0 Å². The van der Waals surface area contributed by atoms with E-state index in [0.717, 1.165) is 14.9 Å². The summed E-state index contributed by atoms with van der Waals surface area (Å²) in [6.07, 6.45) is -0.203. The summed E-state index contributed by atoms with van der Waals surface area (Å²) in [6, 6.07) is 4.94. The second kappa shape index (κ2) is 10.6. The number of methoxy groups -OCH3 is 1. The van der Waals surface area contributed by atoms with E-state index in [9.17, 15) is 27.9 Å². The molecule has 2 amide bonds. The molecular formula is C24H27N7O7S2. The van der Waals surface area contributed by atoms with Gasteiger partial charge in [-0.05, 0) is 31.2 Å². The number of nitrogens with one attached hydrogen (secondary N) is 2. The monoisotopic (exact) mass is 589 g/mol. The number of aromatic amines is 1. The molecule has 1 aromatic carbocycles. The van der Waals surface area contributed by atoms with Gasteiger partial charge in [0.2, 0.25) is 0 Å². The molecule has 0 saturated carbocycles. The number of nitrogens with two attached hydrogens (primary N) is 1. The Hall–Kier alpha value is -3.86. The first kappa shape index (κ1) is 27.7. The molecule has 14 nitrogen and oxygen atoms in total. The second-order valence-electron chi connectivity index (χ2n) is 9.49. The third kappa shape index (κ3) is 5.17. The number of H-pyrrole nitrogens is 1. The number of hydrogen-bond acceptors (Lipinski definition) is 9. The summed E-state index contributed by atoms with van der Waals surface area (Å²) < 4.78 is 32.5. The standard InChI is InChI=1S/C24H27N7O7S2/c1-12-7-16-18(10-26-12)39-21(28-16)22(32)31-6-5-30(11-17(31)23(33)34)40(36,37)19-9-14-8-13(3-4-15(14)27-19)20(25)29-24(35)38-2/h3-4,8-9,12,17,26-27H,5-7,10-11H2,1-2H3,(H,33,34)(H2,25,29,35). The van der Waals surface area contributed by atoms with E-state index in [1.807, 2.05) is 6.92 Å². The first-order chi connectivity index (χ1) is 19.0. The zero-order valence-electron chi connectivity index (χ0n) is 21.6. The summed E-state index contributed by atoms with van der Waals surface area (Å²) in [5.74, 6) is -1.94. The molecule has 2 aromatic heterocycles. The van der Waals surface area contributed by atoms with Crippen molar-refractivity contribution < 1.29 is 32.6 Å². The lowest BCUT2D eigenvalue weighted by Crippen LogP contribution is -2.59. The number of nitrogens with zero attached hydrogens (tertiary/aromatic N) is 4. The number of rotatable bonds is 5. The number of carbonyl (C=O) groups is 3. The summed E-state index contributed by atoms with van der Waals surface area (Å²) >= 11 is 1.23. The van der Waals surface area contributed by atoms with Crippen LogP contribution in [0, 0.1) is 0 Å². The lowest BCUT2D eigenvalue weighted by Gasteiger charge is -2.37. The van der Waals surface area contributed by atoms with Crippen LogP contribution in [0.2, 0.25) is 0 Å². The van der Waals surface area contributed by atoms with Gasteiger partial charge in [-0.15, -0.1) is 11.3 Å². The smallest absolute Gasteiger partial charge is 0.435 e. The van der Waals surface area contributed by atoms with Crippen molar-refractivity contribution in [1.82, 2.24) is 24.5 Å². The predicted molar refractivity (Wildman–Crippen MR) is 145 cm³/mol. The van der Waals surface area contributed by atoms with Crippen LogP contribution in [0.15, 0.2) is 34.3 Å². The Balaban J connectivity index is 1.37. The first-order valence-electron chi connectivity index (χ1n) is 12.3. The van der Waals surface area contributed by atoms with Crippen LogP contribution >= 0.6 is 11.3 Å². The molecule has 0 radical (unpaired) electrons. The van der Waals surface area contributed by atoms with E-state index in [1.54, 1.807) is 18.2 Å². The number of thiazole rings is 1. The Labute approximate surface area is 232 Å². The number of aliphatic imine (C=N–C) groups is 1. The van der Waals surface area contributed by atoms with Gasteiger partial charge in [-0.25, -0.2) is 23.0 Å². The van der Waals surface area contributed by atoms with Crippen LogP contribution in [-0.4, -0.2) is 95.3 Å². The molecule has 16 heteroatoms. The van der Waals surface area contributed by atoms with Crippen molar-refractivity contribution in [3.05, 3.63) is 45.4 Å². The van der Waals surface area contributed by atoms with E-state index in [4.69, 9.17) is 5.73 Å². The van der Waals surface area contributed by atoms with Gasteiger partial charge < -0.3 is 30.8 Å². The van der Waals surface area contributed by atoms with Crippen LogP contribution < -0.4 is 11.1 Å². The molecule has 2 unspecified atom stereocenters. The number of carboxylic acid groups (broad SMARTS) is 1. The van der Waals surface area contributed by atoms with Crippen molar-refractivity contribution in [3.63, 3.8) is 0 Å². The Morgan fingerprint density at radius 3 is 2.75 bits per heavy atom. The van der Waals surface area contributed by atoms with Gasteiger partial charge in [0, 0.05) is 60.0 Å². The van der Waals surface area contributed by atoms with Crippen molar-refractivity contribution in [2.24, 2.45) is 10.7 Å². The van der Waals surface area contributed by atoms with Crippen molar-refractivity contribution in [2.45, 2.75) is 37.0 Å². The number of sulfonamides is 1. The lowest BCUT2D eigenvalue weighted by molar-refractivity contribution is -0.143. The third-order valence-corrected chi connectivity index (χ3v) is 9.73. The largest absolute Gasteiger partial charge is 0.480 e. The fourth-order valence-electron chi connectivity index (χ4n) is 4.71. The highest BCUT2D eigenvalue weighted by Crippen LogP contribution is 2.28. The van der Waals surface area contributed by atoms with Gasteiger partial charge >= 0.3 is 12.1 Å². The molecule has 5 N–H and O–H groups in total. The molecule has 2 aliphatic heterocycles. The summed E-state index contributed by atoms with van der Waals surface area (Å²) in [5, 5.41) is 13.8. The number of aromatic nitrogens is 2. The molecular weight excluding hydrogens is 562 g/mol. The number of carbonyl (C=O) groups excluding carboxylic acids is 2. The molecule has 0 spiro atoms. The van der Waals surface area contributed by atoms with Gasteiger partial charge in [-0.3, -0.25) is 4.79 Å². The van der Waals surface area contributed by atoms with Crippen molar-refractivity contribution in [3.8, 4) is 0 Å². The molecule has 3 aromatic rings. The molecule has 4 heterocycles. The van der Waals surface area contributed by atoms with Crippen LogP contribution in [-0.2, 0) is 32.5 Å². The van der Waals surface area contributed by atoms with Crippen molar-refractivity contribution >= 4 is 56.1 Å². The zero-order chi connectivity index (χ0) is 28.8. The lowest BCUT2D eigenvalue weighted by atomic mass is 10.1. The van der Waals surface area contributed by atoms with Gasteiger partial charge in [-0.2, -0.15) is 9.30 Å². The highest BCUT2D eigenvalue weighted by molar-refractivity contribution is 7.89. The molecule has 0 aliphatic carbocycles. The molecule has 212 valence electrons. The topological polar surface area (TPSA) is 200 Å². The number of fused-ring (bicyclic) bond motifs is 2. The van der Waals surface area contributed by atoms with Gasteiger partial charge in [0.25, 0.3) is 15.9 Å². The van der Waals surface area contributed by atoms with E-state index >= 15 is 0 Å². The van der Waals surface area contributed by atoms with E-state index in [2.05, 4.69) is 25.0 Å². The first-order valence-corrected chi connectivity index (χ1v) is 14.5. The number of amidine groups is 1. The number of amides is 2. The fraction of sp³-hybridized carbons (Fsp3) is 0.375. The van der Waals surface area contributed by atoms with Crippen molar-refractivity contribution in [1.29, 1.82) is 0 Å². The average molecular weight is 590 g/mol. The van der Waals surface area contributed by atoms with Crippen molar-refractivity contribution in [2.75, 3.05) is 26.7 Å². The summed E-state index contributed by atoms with van der Waals surface area (Å²) in [5.41, 5.74) is 7.54. The molecule has 2 aliphatic rings. The molecule has 2 atom stereocenters. The predicted octanol–water partition coefficient (Wildman–Crippen LogP) is 0.730. The minimum Gasteiger partial charge on any atom is -0.480 e. The number of aliphatic carboxylic acids is 1. The number of ether oxygens (including phenoxy) is 1. The highest BCUT2D eigenvalue weighted by atomic mass is 32.2. The Morgan fingerprint density at radius 1 is 1.25 bits per heavy atom. The Morgan fingerprint density at radius 2 is 2.02 bits per heavy atom. The molecule has 1 saturated heterocycles. The van der Waals surface area contributed by atoms with E-state index in [0.29, 0.717) is 29.4 Å². The minimum absolute atomic E-state index is 0.0963. The number of piperazine rings is 1. The Bertz CT molecular complexity index is 1650. The van der Waals surface area contributed by atoms with E-state index in [1.165, 1.54) is 29.4 Å². The van der Waals surface area contributed by atoms with E-state index in [-0.39, 0.29) is 35.0 Å². The molecule has 5 rings (SSSR count). The second-order valence-corrected chi connectivity index (χ2v) is 12.5. The maximum absolute atomic E-state index is 13.5. The quantitative estimate of drug-likeness (QED) is 0.243. The normalized spacial score (nSPS) is 20.4. The molecule has 40 heavy (non-hydrogen) atoms. The van der Waals surface area contributed by atoms with E-state index < -0.39 is 40.6 Å². The minimum atomic E-state index is -4.15. The van der Waals surface area contributed by atoms with Crippen LogP contribution in [0.1, 0.15) is 32.9 Å². The maximum atomic E-state index is 13.5. The molecule has 1 fully saturated rings. The van der Waals surface area contributed by atoms with Gasteiger partial charge in [0.05, 0.1) is 12.8 Å². The maximum Gasteiger partial charge on any atom is 0.435 e. The third-order valence-electron chi connectivity index (χ3n) is 6.86. The average Bonchev–Trinajstić information content (AvgIpc) is 3.56. The van der Waals surface area contributed by atoms with Crippen LogP contribution in [0.5, 0.6) is 0 Å². The Kier molecular flexibility index (Phi) is 7.34. The van der Waals surface area contributed by atoms with Crippen LogP contribution in [0.25, 0.3) is 10.9 Å². The number of carboxylic acids is 1. The van der Waals surface area contributed by atoms with Gasteiger partial charge in [0.15, 0.2) is 5.01 Å². The van der Waals surface area contributed by atoms with Crippen LogP contribution in [0.4, 0.5) is 4.79 Å². The summed E-state index contributed by atoms with van der Waals surface area (Å²) in [7, 11) is -2.98. The van der Waals surface area contributed by atoms with Gasteiger partial charge in [0.1, 0.15) is 16.9 Å². The zero-order valence-corrected chi connectivity index (χ0v) is 23.2. The summed E-state index contributed by atoms with van der Waals surface area (Å²) in [6.45, 7) is 1.98.